The molecule has 0 aromatic heterocycles. The van der Waals surface area contributed by atoms with E-state index in [1.807, 2.05) is 0 Å². The van der Waals surface area contributed by atoms with E-state index in [9.17, 15) is 9.59 Å². The SMILES string of the molecule is C1CC2CCC(C1)C2.CCC(=O)OCC(C(=O)O)c1ccccc1.CN. The van der Waals surface area contributed by atoms with E-state index in [0.29, 0.717) is 5.56 Å². The Morgan fingerprint density at radius 2 is 1.69 bits per heavy atom. The number of ether oxygens (including phenoxy) is 1. The quantitative estimate of drug-likeness (QED) is 0.773. The molecule has 2 saturated carbocycles. The summed E-state index contributed by atoms with van der Waals surface area (Å²) in [5, 5.41) is 9.02. The highest BCUT2D eigenvalue weighted by atomic mass is 16.5. The molecule has 3 N–H and O–H groups in total. The first-order valence-corrected chi connectivity index (χ1v) is 9.61. The van der Waals surface area contributed by atoms with Gasteiger partial charge in [0.1, 0.15) is 12.5 Å². The summed E-state index contributed by atoms with van der Waals surface area (Å²) >= 11 is 0. The van der Waals surface area contributed by atoms with Gasteiger partial charge < -0.3 is 15.6 Å². The summed E-state index contributed by atoms with van der Waals surface area (Å²) in [6.45, 7) is 1.55. The van der Waals surface area contributed by atoms with Crippen LogP contribution in [0.25, 0.3) is 0 Å². The fraction of sp³-hybridized carbons (Fsp3) is 0.619. The Morgan fingerprint density at radius 1 is 1.12 bits per heavy atom. The van der Waals surface area contributed by atoms with Gasteiger partial charge in [0.05, 0.1) is 0 Å². The maximum Gasteiger partial charge on any atom is 0.314 e. The third-order valence-electron chi connectivity index (χ3n) is 5.07. The van der Waals surface area contributed by atoms with Crippen LogP contribution in [0.15, 0.2) is 30.3 Å². The molecule has 1 aromatic carbocycles. The number of benzene rings is 1. The zero-order valence-electron chi connectivity index (χ0n) is 16.0. The van der Waals surface area contributed by atoms with Gasteiger partial charge in [0, 0.05) is 6.42 Å². The smallest absolute Gasteiger partial charge is 0.314 e. The van der Waals surface area contributed by atoms with Gasteiger partial charge in [0.15, 0.2) is 0 Å². The maximum absolute atomic E-state index is 11.0. The Kier molecular flexibility index (Phi) is 10.6. The summed E-state index contributed by atoms with van der Waals surface area (Å²) in [6.07, 6.45) is 9.60. The minimum absolute atomic E-state index is 0.119. The fourth-order valence-electron chi connectivity index (χ4n) is 3.67. The maximum atomic E-state index is 11.0. The molecule has 3 atom stereocenters. The summed E-state index contributed by atoms with van der Waals surface area (Å²) in [4.78, 5) is 22.0. The minimum Gasteiger partial charge on any atom is -0.481 e. The average Bonchev–Trinajstić information content (AvgIpc) is 3.02. The lowest BCUT2D eigenvalue weighted by Gasteiger charge is -2.16. The van der Waals surface area contributed by atoms with Gasteiger partial charge in [-0.3, -0.25) is 9.59 Å². The topological polar surface area (TPSA) is 89.6 Å². The highest BCUT2D eigenvalue weighted by Crippen LogP contribution is 2.41. The predicted molar refractivity (Wildman–Crippen MR) is 103 cm³/mol. The normalized spacial score (nSPS) is 21.3. The molecule has 5 nitrogen and oxygen atoms in total. The highest BCUT2D eigenvalue weighted by molar-refractivity contribution is 5.77. The molecular formula is C21H33NO4. The van der Waals surface area contributed by atoms with E-state index in [0.717, 1.165) is 11.8 Å². The number of nitrogens with two attached hydrogens (primary N) is 1. The number of carboxylic acid groups (broad SMARTS) is 1. The van der Waals surface area contributed by atoms with Crippen LogP contribution in [0, 0.1) is 11.8 Å². The lowest BCUT2D eigenvalue weighted by Crippen LogP contribution is -2.19. The second-order valence-corrected chi connectivity index (χ2v) is 6.81. The van der Waals surface area contributed by atoms with E-state index in [-0.39, 0.29) is 19.0 Å². The van der Waals surface area contributed by atoms with Gasteiger partial charge >= 0.3 is 11.9 Å². The van der Waals surface area contributed by atoms with Crippen molar-refractivity contribution in [2.24, 2.45) is 17.6 Å². The van der Waals surface area contributed by atoms with Crippen molar-refractivity contribution in [2.45, 2.75) is 57.8 Å². The van der Waals surface area contributed by atoms with E-state index in [1.54, 1.807) is 69.4 Å². The molecule has 1 aromatic rings. The van der Waals surface area contributed by atoms with Gasteiger partial charge in [-0.1, -0.05) is 69.4 Å². The molecule has 2 bridgehead atoms. The van der Waals surface area contributed by atoms with Gasteiger partial charge in [-0.15, -0.1) is 0 Å². The molecule has 5 heteroatoms. The number of rotatable bonds is 5. The minimum atomic E-state index is -0.991. The van der Waals surface area contributed by atoms with E-state index in [1.165, 1.54) is 13.5 Å². The second kappa shape index (κ2) is 12.5. The number of carboxylic acids is 1. The van der Waals surface area contributed by atoms with Gasteiger partial charge in [0.2, 0.25) is 0 Å². The first kappa shape index (κ1) is 22.2. The Balaban J connectivity index is 0.000000278. The summed E-state index contributed by atoms with van der Waals surface area (Å²) < 4.78 is 4.85. The van der Waals surface area contributed by atoms with Crippen LogP contribution in [0.5, 0.6) is 0 Å². The third kappa shape index (κ3) is 7.56. The van der Waals surface area contributed by atoms with Crippen LogP contribution in [0.4, 0.5) is 0 Å². The molecule has 2 aliphatic carbocycles. The van der Waals surface area contributed by atoms with Gasteiger partial charge in [-0.2, -0.15) is 0 Å². The molecule has 146 valence electrons. The van der Waals surface area contributed by atoms with Gasteiger partial charge in [-0.25, -0.2) is 0 Å². The van der Waals surface area contributed by atoms with Crippen molar-refractivity contribution >= 4 is 11.9 Å². The summed E-state index contributed by atoms with van der Waals surface area (Å²) in [5.74, 6) is 0.150. The Morgan fingerprint density at radius 3 is 2.15 bits per heavy atom. The molecule has 2 fully saturated rings. The van der Waals surface area contributed by atoms with Crippen LogP contribution in [-0.4, -0.2) is 30.7 Å². The van der Waals surface area contributed by atoms with Crippen LogP contribution in [0.1, 0.15) is 63.4 Å². The molecule has 26 heavy (non-hydrogen) atoms. The molecule has 0 heterocycles. The van der Waals surface area contributed by atoms with Crippen LogP contribution < -0.4 is 5.73 Å². The number of hydrogen-bond acceptors (Lipinski definition) is 4. The predicted octanol–water partition coefficient (Wildman–Crippen LogP) is 3.97. The van der Waals surface area contributed by atoms with Crippen molar-refractivity contribution in [3.63, 3.8) is 0 Å². The Labute approximate surface area is 156 Å². The van der Waals surface area contributed by atoms with Crippen molar-refractivity contribution in [1.82, 2.24) is 0 Å². The zero-order valence-corrected chi connectivity index (χ0v) is 16.0. The van der Waals surface area contributed by atoms with Crippen molar-refractivity contribution in [1.29, 1.82) is 0 Å². The second-order valence-electron chi connectivity index (χ2n) is 6.81. The van der Waals surface area contributed by atoms with Crippen molar-refractivity contribution < 1.29 is 19.4 Å². The molecule has 3 unspecified atom stereocenters. The standard InChI is InChI=1S/C12H14O4.C8H14.CH5N/c1-2-11(13)16-8-10(12(14)15)9-6-4-3-5-7-9;1-2-7-4-5-8(3-1)6-7;1-2/h3-7,10H,2,8H2,1H3,(H,14,15);7-8H,1-6H2;2H2,1H3. The monoisotopic (exact) mass is 363 g/mol. The molecule has 0 spiro atoms. The first-order valence-electron chi connectivity index (χ1n) is 9.61. The van der Waals surface area contributed by atoms with E-state index < -0.39 is 11.9 Å². The van der Waals surface area contributed by atoms with Crippen LogP contribution in [0.3, 0.4) is 0 Å². The first-order chi connectivity index (χ1) is 12.6. The Hall–Kier alpha value is -1.88. The number of fused-ring (bicyclic) bond motifs is 2. The van der Waals surface area contributed by atoms with Crippen LogP contribution in [-0.2, 0) is 14.3 Å². The zero-order chi connectivity index (χ0) is 19.4. The number of esters is 1. The lowest BCUT2D eigenvalue weighted by atomic mass is 9.89. The molecular weight excluding hydrogens is 330 g/mol. The van der Waals surface area contributed by atoms with Crippen LogP contribution in [0.2, 0.25) is 0 Å². The lowest BCUT2D eigenvalue weighted by molar-refractivity contribution is -0.147. The van der Waals surface area contributed by atoms with Crippen molar-refractivity contribution in [3.05, 3.63) is 35.9 Å². The third-order valence-corrected chi connectivity index (χ3v) is 5.07. The number of aliphatic carboxylic acids is 1. The molecule has 0 radical (unpaired) electrons. The summed E-state index contributed by atoms with van der Waals surface area (Å²) in [6, 6.07) is 8.73. The number of carbonyl (C=O) groups is 2. The molecule has 0 amide bonds. The van der Waals surface area contributed by atoms with Crippen molar-refractivity contribution in [3.8, 4) is 0 Å². The summed E-state index contributed by atoms with van der Waals surface area (Å²) in [5.41, 5.74) is 5.14. The number of hydrogen-bond donors (Lipinski definition) is 2. The van der Waals surface area contributed by atoms with E-state index >= 15 is 0 Å². The molecule has 3 rings (SSSR count). The van der Waals surface area contributed by atoms with Gasteiger partial charge in [0.25, 0.3) is 0 Å². The highest BCUT2D eigenvalue weighted by Gasteiger charge is 2.27. The largest absolute Gasteiger partial charge is 0.481 e. The average molecular weight is 363 g/mol. The molecule has 0 aliphatic heterocycles. The summed E-state index contributed by atoms with van der Waals surface area (Å²) in [7, 11) is 1.50. The molecule has 2 aliphatic rings. The van der Waals surface area contributed by atoms with Crippen LogP contribution >= 0.6 is 0 Å². The number of carbonyl (C=O) groups excluding carboxylic acids is 1. The van der Waals surface area contributed by atoms with Gasteiger partial charge in [-0.05, 0) is 30.9 Å². The van der Waals surface area contributed by atoms with Crippen molar-refractivity contribution in [2.75, 3.05) is 13.7 Å². The Bertz CT molecular complexity index is 518. The fourth-order valence-corrected chi connectivity index (χ4v) is 3.67. The van der Waals surface area contributed by atoms with E-state index in [2.05, 4.69) is 5.73 Å². The molecule has 0 saturated heterocycles. The van der Waals surface area contributed by atoms with E-state index in [4.69, 9.17) is 9.84 Å².